The molecule has 1 N–H and O–H groups in total. The SMILES string of the molecule is C=CC1CN(Cc2cc(OC)c(OC)cc2[N+](=O)[O-])CCC1C[C@@H](C)[C@@H](O)c1ccnc2ccc(OC)cc12. The number of nitro groups is 1. The second-order valence-electron chi connectivity index (χ2n) is 10.2. The maximum atomic E-state index is 11.8. The van der Waals surface area contributed by atoms with Crippen molar-refractivity contribution in [1.29, 1.82) is 0 Å². The summed E-state index contributed by atoms with van der Waals surface area (Å²) in [4.78, 5) is 18.0. The van der Waals surface area contributed by atoms with E-state index in [0.717, 1.165) is 48.1 Å². The molecule has 4 atom stereocenters. The highest BCUT2D eigenvalue weighted by atomic mass is 16.6. The minimum Gasteiger partial charge on any atom is -0.497 e. The Bertz CT molecular complexity index is 1330. The number of nitro benzene ring substituents is 1. The van der Waals surface area contributed by atoms with Gasteiger partial charge in [0.25, 0.3) is 5.69 Å². The number of aliphatic hydroxyl groups is 1. The van der Waals surface area contributed by atoms with Crippen LogP contribution in [-0.2, 0) is 6.54 Å². The molecular formula is C30H37N3O6. The van der Waals surface area contributed by atoms with E-state index in [1.165, 1.54) is 20.3 Å². The first kappa shape index (κ1) is 28.3. The summed E-state index contributed by atoms with van der Waals surface area (Å²) in [6, 6.07) is 10.7. The van der Waals surface area contributed by atoms with Gasteiger partial charge in [-0.25, -0.2) is 0 Å². The van der Waals surface area contributed by atoms with Crippen LogP contribution in [-0.4, -0.2) is 54.3 Å². The average molecular weight is 536 g/mol. The molecule has 1 fully saturated rings. The quantitative estimate of drug-likeness (QED) is 0.193. The van der Waals surface area contributed by atoms with Gasteiger partial charge in [-0.2, -0.15) is 0 Å². The topological polar surface area (TPSA) is 107 Å². The molecule has 9 nitrogen and oxygen atoms in total. The highest BCUT2D eigenvalue weighted by Crippen LogP contribution is 2.39. The van der Waals surface area contributed by atoms with E-state index in [9.17, 15) is 15.2 Å². The minimum atomic E-state index is -0.652. The minimum absolute atomic E-state index is 0.00716. The normalized spacial score (nSPS) is 19.3. The number of hydrogen-bond donors (Lipinski definition) is 1. The van der Waals surface area contributed by atoms with Crippen molar-refractivity contribution in [3.05, 3.63) is 76.5 Å². The van der Waals surface area contributed by atoms with Gasteiger partial charge in [0.2, 0.25) is 0 Å². The number of ether oxygens (including phenoxy) is 3. The van der Waals surface area contributed by atoms with Gasteiger partial charge in [0.15, 0.2) is 11.5 Å². The van der Waals surface area contributed by atoms with E-state index in [4.69, 9.17) is 14.2 Å². The van der Waals surface area contributed by atoms with Crippen molar-refractivity contribution in [2.45, 2.75) is 32.4 Å². The highest BCUT2D eigenvalue weighted by molar-refractivity contribution is 5.83. The van der Waals surface area contributed by atoms with Gasteiger partial charge in [0.1, 0.15) is 5.75 Å². The Morgan fingerprint density at radius 1 is 1.18 bits per heavy atom. The Morgan fingerprint density at radius 3 is 2.59 bits per heavy atom. The van der Waals surface area contributed by atoms with Crippen LogP contribution in [0, 0.1) is 27.9 Å². The van der Waals surface area contributed by atoms with E-state index in [1.54, 1.807) is 19.4 Å². The van der Waals surface area contributed by atoms with E-state index >= 15 is 0 Å². The summed E-state index contributed by atoms with van der Waals surface area (Å²) in [6.45, 7) is 8.12. The zero-order valence-corrected chi connectivity index (χ0v) is 23.0. The Balaban J connectivity index is 1.47. The van der Waals surface area contributed by atoms with E-state index in [2.05, 4.69) is 23.4 Å². The number of aliphatic hydroxyl groups excluding tert-OH is 1. The molecule has 0 amide bonds. The number of aromatic nitrogens is 1. The summed E-state index contributed by atoms with van der Waals surface area (Å²) in [5.41, 5.74) is 2.27. The van der Waals surface area contributed by atoms with Gasteiger partial charge in [-0.15, -0.1) is 6.58 Å². The third-order valence-corrected chi connectivity index (χ3v) is 7.88. The number of fused-ring (bicyclic) bond motifs is 1. The Morgan fingerprint density at radius 2 is 1.92 bits per heavy atom. The first-order valence-corrected chi connectivity index (χ1v) is 13.1. The molecule has 208 valence electrons. The Hall–Kier alpha value is -3.69. The van der Waals surface area contributed by atoms with Crippen molar-refractivity contribution >= 4 is 16.6 Å². The third-order valence-electron chi connectivity index (χ3n) is 7.88. The fourth-order valence-corrected chi connectivity index (χ4v) is 5.70. The number of rotatable bonds is 11. The number of hydrogen-bond acceptors (Lipinski definition) is 8. The molecule has 2 heterocycles. The molecule has 0 bridgehead atoms. The highest BCUT2D eigenvalue weighted by Gasteiger charge is 2.32. The molecule has 0 saturated carbocycles. The first-order chi connectivity index (χ1) is 18.8. The zero-order chi connectivity index (χ0) is 28.1. The number of piperidine rings is 1. The predicted molar refractivity (Wildman–Crippen MR) is 150 cm³/mol. The van der Waals surface area contributed by atoms with E-state index < -0.39 is 6.10 Å². The molecule has 2 aromatic carbocycles. The molecule has 4 rings (SSSR count). The van der Waals surface area contributed by atoms with Crippen LogP contribution in [0.4, 0.5) is 5.69 Å². The van der Waals surface area contributed by atoms with Crippen LogP contribution in [0.25, 0.3) is 10.9 Å². The maximum Gasteiger partial charge on any atom is 0.277 e. The second-order valence-corrected chi connectivity index (χ2v) is 10.2. The summed E-state index contributed by atoms with van der Waals surface area (Å²) in [6.07, 6.45) is 4.79. The van der Waals surface area contributed by atoms with Gasteiger partial charge in [-0.3, -0.25) is 20.0 Å². The van der Waals surface area contributed by atoms with Gasteiger partial charge in [0.05, 0.1) is 43.9 Å². The van der Waals surface area contributed by atoms with Crippen LogP contribution in [0.15, 0.2) is 55.3 Å². The lowest BCUT2D eigenvalue weighted by molar-refractivity contribution is -0.385. The van der Waals surface area contributed by atoms with E-state index in [1.807, 2.05) is 30.3 Å². The number of nitrogens with zero attached hydrogens (tertiary/aromatic N) is 3. The summed E-state index contributed by atoms with van der Waals surface area (Å²) in [5, 5.41) is 24.0. The van der Waals surface area contributed by atoms with Gasteiger partial charge >= 0.3 is 0 Å². The maximum absolute atomic E-state index is 11.8. The van der Waals surface area contributed by atoms with Crippen molar-refractivity contribution in [2.75, 3.05) is 34.4 Å². The fourth-order valence-electron chi connectivity index (χ4n) is 5.70. The van der Waals surface area contributed by atoms with E-state index in [-0.39, 0.29) is 22.4 Å². The number of likely N-dealkylation sites (tertiary alicyclic amines) is 1. The van der Waals surface area contributed by atoms with Crippen molar-refractivity contribution in [3.63, 3.8) is 0 Å². The second kappa shape index (κ2) is 12.4. The van der Waals surface area contributed by atoms with Crippen molar-refractivity contribution in [3.8, 4) is 17.2 Å². The Labute approximate surface area is 229 Å². The molecule has 1 aromatic heterocycles. The van der Waals surface area contributed by atoms with Crippen LogP contribution in [0.5, 0.6) is 17.2 Å². The molecule has 1 aliphatic heterocycles. The molecule has 0 spiro atoms. The third kappa shape index (κ3) is 6.15. The van der Waals surface area contributed by atoms with Crippen molar-refractivity contribution < 1.29 is 24.2 Å². The molecule has 1 aliphatic rings. The summed E-state index contributed by atoms with van der Waals surface area (Å²) in [5.74, 6) is 2.08. The van der Waals surface area contributed by atoms with Gasteiger partial charge in [0, 0.05) is 30.2 Å². The largest absolute Gasteiger partial charge is 0.497 e. The lowest BCUT2D eigenvalue weighted by Crippen LogP contribution is -2.40. The van der Waals surface area contributed by atoms with Crippen LogP contribution in [0.3, 0.4) is 0 Å². The lowest BCUT2D eigenvalue weighted by Gasteiger charge is -2.39. The van der Waals surface area contributed by atoms with Crippen LogP contribution < -0.4 is 14.2 Å². The molecule has 9 heteroatoms. The molecule has 3 aromatic rings. The standard InChI is InChI=1S/C30H37N3O6/c1-6-20-17-32(18-22-14-28(38-4)29(39-5)16-27(22)33(35)36)12-10-21(20)13-19(2)30(34)24-9-11-31-26-8-7-23(37-3)15-25(24)26/h6-9,11,14-16,19-21,30,34H,1,10,12-13,17-18H2,2-5H3/t19-,20?,21?,30-/m1/s1. The molecule has 0 aliphatic carbocycles. The van der Waals surface area contributed by atoms with Gasteiger partial charge < -0.3 is 19.3 Å². The first-order valence-electron chi connectivity index (χ1n) is 13.1. The summed E-state index contributed by atoms with van der Waals surface area (Å²) < 4.78 is 16.0. The Kier molecular flexibility index (Phi) is 9.04. The summed E-state index contributed by atoms with van der Waals surface area (Å²) in [7, 11) is 4.61. The molecule has 1 saturated heterocycles. The van der Waals surface area contributed by atoms with Gasteiger partial charge in [-0.05, 0) is 73.0 Å². The predicted octanol–water partition coefficient (Wildman–Crippen LogP) is 5.55. The number of pyridine rings is 1. The number of methoxy groups -OCH3 is 3. The summed E-state index contributed by atoms with van der Waals surface area (Å²) >= 11 is 0. The van der Waals surface area contributed by atoms with Crippen molar-refractivity contribution in [1.82, 2.24) is 9.88 Å². The molecule has 0 radical (unpaired) electrons. The average Bonchev–Trinajstić information content (AvgIpc) is 2.96. The van der Waals surface area contributed by atoms with Crippen LogP contribution in [0.2, 0.25) is 0 Å². The van der Waals surface area contributed by atoms with Crippen LogP contribution in [0.1, 0.15) is 37.0 Å². The zero-order valence-electron chi connectivity index (χ0n) is 23.0. The van der Waals surface area contributed by atoms with Crippen molar-refractivity contribution in [2.24, 2.45) is 17.8 Å². The number of benzene rings is 2. The monoisotopic (exact) mass is 535 g/mol. The van der Waals surface area contributed by atoms with E-state index in [0.29, 0.717) is 29.5 Å². The molecular weight excluding hydrogens is 498 g/mol. The fraction of sp³-hybridized carbons (Fsp3) is 0.433. The van der Waals surface area contributed by atoms with Crippen LogP contribution >= 0.6 is 0 Å². The smallest absolute Gasteiger partial charge is 0.277 e. The lowest BCUT2D eigenvalue weighted by atomic mass is 9.77. The van der Waals surface area contributed by atoms with Gasteiger partial charge in [-0.1, -0.05) is 13.0 Å². The molecule has 2 unspecified atom stereocenters. The molecule has 39 heavy (non-hydrogen) atoms.